The normalized spacial score (nSPS) is 28.4. The van der Waals surface area contributed by atoms with Crippen LogP contribution >= 0.6 is 0 Å². The number of fused-ring (bicyclic) bond motifs is 3. The van der Waals surface area contributed by atoms with Gasteiger partial charge in [-0.05, 0) is 12.8 Å². The molecule has 3 atom stereocenters. The lowest BCUT2D eigenvalue weighted by atomic mass is 10.0. The molecule has 8 nitrogen and oxygen atoms in total. The molecule has 11 heteroatoms. The fourth-order valence-electron chi connectivity index (χ4n) is 4.71. The van der Waals surface area contributed by atoms with E-state index in [1.54, 1.807) is 0 Å². The van der Waals surface area contributed by atoms with Crippen molar-refractivity contribution in [1.82, 2.24) is 15.5 Å². The van der Waals surface area contributed by atoms with Gasteiger partial charge in [0.2, 0.25) is 11.8 Å². The Hall–Kier alpha value is -2.95. The predicted molar refractivity (Wildman–Crippen MR) is 90.5 cm³/mol. The number of benzene rings is 1. The summed E-state index contributed by atoms with van der Waals surface area (Å²) >= 11 is 0. The number of hydrogen-bond acceptors (Lipinski definition) is 6. The largest absolute Gasteiger partial charge is 0.363 e. The maximum atomic E-state index is 14.8. The van der Waals surface area contributed by atoms with Crippen LogP contribution in [0.4, 0.5) is 18.9 Å². The Morgan fingerprint density at radius 2 is 1.66 bits per heavy atom. The van der Waals surface area contributed by atoms with Crippen LogP contribution in [0, 0.1) is 17.5 Å². The molecule has 1 aromatic carbocycles. The molecule has 4 aliphatic rings. The molecule has 4 amide bonds. The van der Waals surface area contributed by atoms with Crippen molar-refractivity contribution < 1.29 is 32.3 Å². The molecule has 0 radical (unpaired) electrons. The number of amides is 4. The summed E-state index contributed by atoms with van der Waals surface area (Å²) in [5.74, 6) is -8.84. The lowest BCUT2D eigenvalue weighted by Gasteiger charge is -2.31. The first-order chi connectivity index (χ1) is 13.8. The van der Waals surface area contributed by atoms with Crippen molar-refractivity contribution in [3.05, 3.63) is 28.6 Å². The number of nitrogens with zero attached hydrogens (tertiary/aromatic N) is 2. The van der Waals surface area contributed by atoms with Gasteiger partial charge in [-0.25, -0.2) is 13.2 Å². The molecule has 2 N–H and O–H groups in total. The zero-order chi connectivity index (χ0) is 20.6. The van der Waals surface area contributed by atoms with E-state index in [2.05, 4.69) is 5.32 Å². The van der Waals surface area contributed by atoms with Crippen LogP contribution in [0.15, 0.2) is 0 Å². The Balaban J connectivity index is 1.64. The number of piperazine rings is 1. The number of piperidine rings is 1. The summed E-state index contributed by atoms with van der Waals surface area (Å²) in [5.41, 5.74) is -1.88. The minimum atomic E-state index is -1.83. The van der Waals surface area contributed by atoms with Crippen molar-refractivity contribution in [3.63, 3.8) is 0 Å². The van der Waals surface area contributed by atoms with E-state index >= 15 is 0 Å². The molecule has 4 heterocycles. The van der Waals surface area contributed by atoms with Crippen LogP contribution in [-0.2, 0) is 9.59 Å². The summed E-state index contributed by atoms with van der Waals surface area (Å²) < 4.78 is 43.7. The molecule has 29 heavy (non-hydrogen) atoms. The first-order valence-corrected chi connectivity index (χ1v) is 9.21. The lowest BCUT2D eigenvalue weighted by molar-refractivity contribution is -0.136. The van der Waals surface area contributed by atoms with Crippen molar-refractivity contribution >= 4 is 29.3 Å². The second-order valence-electron chi connectivity index (χ2n) is 7.63. The minimum Gasteiger partial charge on any atom is -0.363 e. The Bertz CT molecular complexity index is 1010. The number of rotatable bonds is 2. The molecule has 4 aliphatic heterocycles. The van der Waals surface area contributed by atoms with E-state index in [4.69, 9.17) is 0 Å². The molecule has 152 valence electrons. The van der Waals surface area contributed by atoms with E-state index in [1.807, 2.05) is 5.32 Å². The zero-order valence-electron chi connectivity index (χ0n) is 14.9. The standard InChI is InChI=1S/C18H15F3N4O4/c19-12-10-11(15(14(21)13(12)20)24-5-6-3-7(24)4-22-6)18(29)25(17(10)28)8-1-2-9(26)23-16(8)27/h6-8,22H,1-5H2,(H,23,26,27). The van der Waals surface area contributed by atoms with Gasteiger partial charge in [0.1, 0.15) is 6.04 Å². The van der Waals surface area contributed by atoms with Gasteiger partial charge in [-0.1, -0.05) is 0 Å². The highest BCUT2D eigenvalue weighted by Crippen LogP contribution is 2.42. The van der Waals surface area contributed by atoms with Gasteiger partial charge < -0.3 is 10.2 Å². The average molecular weight is 408 g/mol. The molecule has 0 saturated carbocycles. The van der Waals surface area contributed by atoms with Crippen LogP contribution in [-0.4, -0.2) is 59.7 Å². The second-order valence-corrected chi connectivity index (χ2v) is 7.63. The third-order valence-electron chi connectivity index (χ3n) is 6.03. The van der Waals surface area contributed by atoms with E-state index in [1.165, 1.54) is 4.90 Å². The molecule has 3 unspecified atom stereocenters. The Labute approximate surface area is 162 Å². The summed E-state index contributed by atoms with van der Waals surface area (Å²) in [7, 11) is 0. The molecule has 0 aromatic heterocycles. The van der Waals surface area contributed by atoms with E-state index in [0.29, 0.717) is 17.9 Å². The summed E-state index contributed by atoms with van der Waals surface area (Å²) in [4.78, 5) is 51.4. The van der Waals surface area contributed by atoms with Crippen molar-refractivity contribution in [2.45, 2.75) is 37.4 Å². The summed E-state index contributed by atoms with van der Waals surface area (Å²) in [6.07, 6.45) is 0.381. The van der Waals surface area contributed by atoms with Crippen LogP contribution in [0.5, 0.6) is 0 Å². The SMILES string of the molecule is O=C1CCC(N2C(=O)c3c(F)c(F)c(F)c(N4CC5CC4CN5)c3C2=O)C(=O)N1. The topological polar surface area (TPSA) is 98.8 Å². The maximum Gasteiger partial charge on any atom is 0.265 e. The van der Waals surface area contributed by atoms with Gasteiger partial charge >= 0.3 is 0 Å². The van der Waals surface area contributed by atoms with E-state index < -0.39 is 63.9 Å². The lowest BCUT2D eigenvalue weighted by Crippen LogP contribution is -2.54. The van der Waals surface area contributed by atoms with Crippen molar-refractivity contribution in [1.29, 1.82) is 0 Å². The van der Waals surface area contributed by atoms with Gasteiger partial charge in [0.25, 0.3) is 11.8 Å². The predicted octanol–water partition coefficient (Wildman–Crippen LogP) is 0.0556. The number of halogens is 3. The highest BCUT2D eigenvalue weighted by molar-refractivity contribution is 6.25. The zero-order valence-corrected chi connectivity index (χ0v) is 14.9. The van der Waals surface area contributed by atoms with Gasteiger partial charge in [-0.3, -0.25) is 29.4 Å². The van der Waals surface area contributed by atoms with E-state index in [9.17, 15) is 32.3 Å². The smallest absolute Gasteiger partial charge is 0.265 e. The average Bonchev–Trinajstić information content (AvgIpc) is 3.36. The molecule has 0 spiro atoms. The van der Waals surface area contributed by atoms with Gasteiger partial charge in [-0.2, -0.15) is 0 Å². The van der Waals surface area contributed by atoms with Crippen molar-refractivity contribution in [3.8, 4) is 0 Å². The van der Waals surface area contributed by atoms with Crippen LogP contribution in [0.3, 0.4) is 0 Å². The first-order valence-electron chi connectivity index (χ1n) is 9.21. The van der Waals surface area contributed by atoms with E-state index in [-0.39, 0.29) is 31.5 Å². The number of imide groups is 2. The number of anilines is 1. The third kappa shape index (κ3) is 2.36. The number of carbonyl (C=O) groups excluding carboxylic acids is 4. The highest BCUT2D eigenvalue weighted by Gasteiger charge is 2.51. The van der Waals surface area contributed by atoms with Crippen LogP contribution in [0.25, 0.3) is 0 Å². The molecule has 3 saturated heterocycles. The van der Waals surface area contributed by atoms with Gasteiger partial charge in [0.15, 0.2) is 17.5 Å². The van der Waals surface area contributed by atoms with Crippen molar-refractivity contribution in [2.75, 3.05) is 18.0 Å². The van der Waals surface area contributed by atoms with Crippen LogP contribution in [0.2, 0.25) is 0 Å². The van der Waals surface area contributed by atoms with E-state index in [0.717, 1.165) is 0 Å². The van der Waals surface area contributed by atoms with Crippen LogP contribution < -0.4 is 15.5 Å². The van der Waals surface area contributed by atoms with Crippen molar-refractivity contribution in [2.24, 2.45) is 0 Å². The summed E-state index contributed by atoms with van der Waals surface area (Å²) in [6.45, 7) is 0.760. The fourth-order valence-corrected chi connectivity index (χ4v) is 4.71. The summed E-state index contributed by atoms with van der Waals surface area (Å²) in [5, 5.41) is 5.20. The summed E-state index contributed by atoms with van der Waals surface area (Å²) in [6, 6.07) is -1.56. The Morgan fingerprint density at radius 3 is 2.28 bits per heavy atom. The quantitative estimate of drug-likeness (QED) is 0.530. The molecule has 3 fully saturated rings. The number of carbonyl (C=O) groups is 4. The highest BCUT2D eigenvalue weighted by atomic mass is 19.2. The minimum absolute atomic E-state index is 0.0154. The Kier molecular flexibility index (Phi) is 3.76. The van der Waals surface area contributed by atoms with Crippen LogP contribution in [0.1, 0.15) is 40.0 Å². The second kappa shape index (κ2) is 6.02. The Morgan fingerprint density at radius 1 is 0.931 bits per heavy atom. The van der Waals surface area contributed by atoms with Gasteiger partial charge in [0, 0.05) is 31.6 Å². The molecule has 5 rings (SSSR count). The van der Waals surface area contributed by atoms with Gasteiger partial charge in [-0.15, -0.1) is 0 Å². The molecular weight excluding hydrogens is 393 g/mol. The van der Waals surface area contributed by atoms with Gasteiger partial charge in [0.05, 0.1) is 16.8 Å². The molecular formula is C18H15F3N4O4. The number of hydrogen-bond donors (Lipinski definition) is 2. The molecule has 0 aliphatic carbocycles. The maximum absolute atomic E-state index is 14.8. The first kappa shape index (κ1) is 18.1. The third-order valence-corrected chi connectivity index (χ3v) is 6.03. The monoisotopic (exact) mass is 408 g/mol. The number of nitrogens with one attached hydrogen (secondary N) is 2. The molecule has 1 aromatic rings. The fraction of sp³-hybridized carbons (Fsp3) is 0.444. The molecule has 2 bridgehead atoms.